The van der Waals surface area contributed by atoms with Gasteiger partial charge in [-0.25, -0.2) is 19.3 Å². The average Bonchev–Trinajstić information content (AvgIpc) is 3.15. The SMILES string of the molecule is CC1c2cnc(-c3ccccn3)nc2CCN1c1cc(F)cc(N2CC(C(=O)O)C(C)(C)C2)n1. The van der Waals surface area contributed by atoms with Gasteiger partial charge in [0.15, 0.2) is 5.82 Å². The molecule has 2 aliphatic heterocycles. The molecule has 176 valence electrons. The molecule has 8 nitrogen and oxygen atoms in total. The fraction of sp³-hybridized carbons (Fsp3) is 0.400. The molecule has 5 rings (SSSR count). The Balaban J connectivity index is 1.42. The maximum Gasteiger partial charge on any atom is 0.308 e. The van der Waals surface area contributed by atoms with Gasteiger partial charge in [0.05, 0.1) is 17.7 Å². The molecule has 0 aliphatic carbocycles. The fourth-order valence-electron chi connectivity index (χ4n) is 5.00. The second-order valence-electron chi connectivity index (χ2n) is 9.69. The summed E-state index contributed by atoms with van der Waals surface area (Å²) in [6.07, 6.45) is 4.22. The van der Waals surface area contributed by atoms with Gasteiger partial charge in [-0.3, -0.25) is 9.78 Å². The van der Waals surface area contributed by atoms with Gasteiger partial charge in [0.25, 0.3) is 0 Å². The molecule has 3 aromatic heterocycles. The Morgan fingerprint density at radius 3 is 2.68 bits per heavy atom. The molecule has 0 bridgehead atoms. The molecule has 3 aromatic rings. The number of halogens is 1. The van der Waals surface area contributed by atoms with Crippen LogP contribution in [0, 0.1) is 17.2 Å². The summed E-state index contributed by atoms with van der Waals surface area (Å²) in [6, 6.07) is 8.37. The first kappa shape index (κ1) is 22.2. The monoisotopic (exact) mass is 462 g/mol. The van der Waals surface area contributed by atoms with Crippen molar-refractivity contribution >= 4 is 17.6 Å². The van der Waals surface area contributed by atoms with Crippen LogP contribution in [0.25, 0.3) is 11.5 Å². The number of carbonyl (C=O) groups is 1. The molecular weight excluding hydrogens is 435 g/mol. The van der Waals surface area contributed by atoms with Crippen LogP contribution < -0.4 is 9.80 Å². The lowest BCUT2D eigenvalue weighted by Gasteiger charge is -2.36. The van der Waals surface area contributed by atoms with Crippen LogP contribution in [-0.2, 0) is 11.2 Å². The molecule has 1 N–H and O–H groups in total. The molecule has 1 fully saturated rings. The molecular formula is C25H27FN6O2. The average molecular weight is 463 g/mol. The van der Waals surface area contributed by atoms with E-state index in [9.17, 15) is 14.3 Å². The first-order valence-corrected chi connectivity index (χ1v) is 11.4. The van der Waals surface area contributed by atoms with Crippen molar-refractivity contribution in [1.82, 2.24) is 19.9 Å². The third kappa shape index (κ3) is 3.95. The highest BCUT2D eigenvalue weighted by Gasteiger charge is 2.44. The van der Waals surface area contributed by atoms with Gasteiger partial charge in [0.1, 0.15) is 23.1 Å². The van der Waals surface area contributed by atoms with Crippen molar-refractivity contribution < 1.29 is 14.3 Å². The molecule has 0 radical (unpaired) electrons. The summed E-state index contributed by atoms with van der Waals surface area (Å²) in [5.41, 5.74) is 2.23. The van der Waals surface area contributed by atoms with Gasteiger partial charge in [-0.05, 0) is 24.5 Å². The van der Waals surface area contributed by atoms with Crippen molar-refractivity contribution in [2.75, 3.05) is 29.4 Å². The molecule has 0 saturated carbocycles. The second-order valence-corrected chi connectivity index (χ2v) is 9.69. The number of aromatic nitrogens is 4. The van der Waals surface area contributed by atoms with E-state index in [0.29, 0.717) is 43.5 Å². The topological polar surface area (TPSA) is 95.3 Å². The van der Waals surface area contributed by atoms with Crippen molar-refractivity contribution in [3.63, 3.8) is 0 Å². The summed E-state index contributed by atoms with van der Waals surface area (Å²) < 4.78 is 14.7. The summed E-state index contributed by atoms with van der Waals surface area (Å²) in [4.78, 5) is 34.0. The zero-order chi connectivity index (χ0) is 24.0. The van der Waals surface area contributed by atoms with Crippen LogP contribution in [0.5, 0.6) is 0 Å². The van der Waals surface area contributed by atoms with Crippen LogP contribution in [0.15, 0.2) is 42.7 Å². The summed E-state index contributed by atoms with van der Waals surface area (Å²) in [5, 5.41) is 9.60. The van der Waals surface area contributed by atoms with Crippen molar-refractivity contribution in [2.45, 2.75) is 33.2 Å². The highest BCUT2D eigenvalue weighted by Crippen LogP contribution is 2.39. The Morgan fingerprint density at radius 2 is 1.97 bits per heavy atom. The van der Waals surface area contributed by atoms with E-state index >= 15 is 0 Å². The van der Waals surface area contributed by atoms with Crippen molar-refractivity contribution in [3.05, 3.63) is 59.8 Å². The van der Waals surface area contributed by atoms with Crippen LogP contribution in [0.2, 0.25) is 0 Å². The Labute approximate surface area is 197 Å². The highest BCUT2D eigenvalue weighted by molar-refractivity contribution is 5.73. The predicted octanol–water partition coefficient (Wildman–Crippen LogP) is 3.74. The van der Waals surface area contributed by atoms with E-state index in [1.54, 1.807) is 6.20 Å². The summed E-state index contributed by atoms with van der Waals surface area (Å²) in [7, 11) is 0. The lowest BCUT2D eigenvalue weighted by atomic mass is 9.82. The van der Waals surface area contributed by atoms with E-state index in [0.717, 1.165) is 17.0 Å². The zero-order valence-corrected chi connectivity index (χ0v) is 19.4. The molecule has 0 spiro atoms. The highest BCUT2D eigenvalue weighted by atomic mass is 19.1. The van der Waals surface area contributed by atoms with Gasteiger partial charge in [0.2, 0.25) is 0 Å². The smallest absolute Gasteiger partial charge is 0.308 e. The molecule has 0 aromatic carbocycles. The molecule has 0 amide bonds. The number of carboxylic acids is 1. The summed E-state index contributed by atoms with van der Waals surface area (Å²) in [5.74, 6) is -0.181. The van der Waals surface area contributed by atoms with E-state index in [-0.39, 0.29) is 6.04 Å². The minimum Gasteiger partial charge on any atom is -0.481 e. The van der Waals surface area contributed by atoms with Gasteiger partial charge in [-0.2, -0.15) is 0 Å². The van der Waals surface area contributed by atoms with E-state index in [4.69, 9.17) is 9.97 Å². The summed E-state index contributed by atoms with van der Waals surface area (Å²) >= 11 is 0. The zero-order valence-electron chi connectivity index (χ0n) is 19.4. The standard InChI is InChI=1S/C25H27FN6O2/c1-15-17-12-28-23(20-6-4-5-8-27-20)29-19(17)7-9-32(15)22-11-16(26)10-21(30-22)31-13-18(24(33)34)25(2,3)14-31/h4-6,8,10-12,15,18H,7,9,13-14H2,1-3H3,(H,33,34). The first-order valence-electron chi connectivity index (χ1n) is 11.4. The van der Waals surface area contributed by atoms with Crippen LogP contribution in [-0.4, -0.2) is 50.6 Å². The number of carboxylic acid groups (broad SMARTS) is 1. The normalized spacial score (nSPS) is 21.4. The Morgan fingerprint density at radius 1 is 1.18 bits per heavy atom. The van der Waals surface area contributed by atoms with Crippen LogP contribution >= 0.6 is 0 Å². The van der Waals surface area contributed by atoms with Crippen molar-refractivity contribution in [3.8, 4) is 11.5 Å². The maximum absolute atomic E-state index is 14.7. The number of aliphatic carboxylic acids is 1. The van der Waals surface area contributed by atoms with E-state index < -0.39 is 23.1 Å². The molecule has 34 heavy (non-hydrogen) atoms. The number of hydrogen-bond acceptors (Lipinski definition) is 7. The van der Waals surface area contributed by atoms with Gasteiger partial charge in [-0.15, -0.1) is 0 Å². The second kappa shape index (κ2) is 8.30. The Bertz CT molecular complexity index is 1240. The van der Waals surface area contributed by atoms with Gasteiger partial charge < -0.3 is 14.9 Å². The van der Waals surface area contributed by atoms with E-state index in [1.165, 1.54) is 12.1 Å². The summed E-state index contributed by atoms with van der Waals surface area (Å²) in [6.45, 7) is 7.33. The first-order chi connectivity index (χ1) is 16.2. The van der Waals surface area contributed by atoms with Gasteiger partial charge in [0, 0.05) is 56.1 Å². The molecule has 1 saturated heterocycles. The van der Waals surface area contributed by atoms with Crippen LogP contribution in [0.3, 0.4) is 0 Å². The van der Waals surface area contributed by atoms with E-state index in [1.807, 2.05) is 50.1 Å². The number of anilines is 2. The quantitative estimate of drug-likeness (QED) is 0.627. The lowest BCUT2D eigenvalue weighted by Crippen LogP contribution is -2.36. The fourth-order valence-corrected chi connectivity index (χ4v) is 5.00. The Kier molecular flexibility index (Phi) is 5.42. The number of hydrogen-bond donors (Lipinski definition) is 1. The number of nitrogens with zero attached hydrogens (tertiary/aromatic N) is 6. The van der Waals surface area contributed by atoms with Crippen LogP contribution in [0.4, 0.5) is 16.0 Å². The number of pyridine rings is 2. The van der Waals surface area contributed by atoms with Crippen molar-refractivity contribution in [1.29, 1.82) is 0 Å². The van der Waals surface area contributed by atoms with E-state index in [2.05, 4.69) is 14.9 Å². The largest absolute Gasteiger partial charge is 0.481 e. The molecule has 2 unspecified atom stereocenters. The third-order valence-corrected chi connectivity index (χ3v) is 6.93. The number of rotatable bonds is 4. The van der Waals surface area contributed by atoms with Gasteiger partial charge >= 0.3 is 5.97 Å². The maximum atomic E-state index is 14.7. The van der Waals surface area contributed by atoms with Crippen LogP contribution in [0.1, 0.15) is 38.1 Å². The minimum absolute atomic E-state index is 0.0922. The number of fused-ring (bicyclic) bond motifs is 1. The molecule has 5 heterocycles. The lowest BCUT2D eigenvalue weighted by molar-refractivity contribution is -0.143. The molecule has 9 heteroatoms. The predicted molar refractivity (Wildman–Crippen MR) is 126 cm³/mol. The third-order valence-electron chi connectivity index (χ3n) is 6.93. The molecule has 2 atom stereocenters. The Hall–Kier alpha value is -3.62. The van der Waals surface area contributed by atoms with Gasteiger partial charge in [-0.1, -0.05) is 19.9 Å². The minimum atomic E-state index is -0.838. The van der Waals surface area contributed by atoms with Crippen molar-refractivity contribution in [2.24, 2.45) is 11.3 Å². The molecule has 2 aliphatic rings.